The lowest BCUT2D eigenvalue weighted by Gasteiger charge is -2.20. The van der Waals surface area contributed by atoms with Crippen LogP contribution in [0, 0.1) is 0 Å². The standard InChI is InChI=1S/C16H20N4O/c1-11(12-6-4-3-5-7-12)19-16(21)13-8-15-14(17-9-13)10-18-20(15)2/h6,8-11H,3-5,7H2,1-2H3,(H,19,21). The second-order valence-corrected chi connectivity index (χ2v) is 5.62. The maximum absolute atomic E-state index is 12.4. The second kappa shape index (κ2) is 5.68. The van der Waals surface area contributed by atoms with Crippen LogP contribution in [0.4, 0.5) is 0 Å². The van der Waals surface area contributed by atoms with Gasteiger partial charge in [0.05, 0.1) is 17.3 Å². The highest BCUT2D eigenvalue weighted by Gasteiger charge is 2.16. The van der Waals surface area contributed by atoms with Gasteiger partial charge < -0.3 is 5.32 Å². The Morgan fingerprint density at radius 3 is 3.00 bits per heavy atom. The zero-order valence-electron chi connectivity index (χ0n) is 12.5. The van der Waals surface area contributed by atoms with E-state index in [-0.39, 0.29) is 11.9 Å². The lowest BCUT2D eigenvalue weighted by Crippen LogP contribution is -2.34. The number of amides is 1. The lowest BCUT2D eigenvalue weighted by molar-refractivity contribution is 0.0944. The van der Waals surface area contributed by atoms with Crippen LogP contribution in [0.1, 0.15) is 43.0 Å². The summed E-state index contributed by atoms with van der Waals surface area (Å²) in [5, 5.41) is 7.21. The average molecular weight is 284 g/mol. The highest BCUT2D eigenvalue weighted by molar-refractivity contribution is 5.96. The highest BCUT2D eigenvalue weighted by Crippen LogP contribution is 2.20. The Balaban J connectivity index is 1.77. The van der Waals surface area contributed by atoms with Crippen molar-refractivity contribution in [3.05, 3.63) is 35.7 Å². The highest BCUT2D eigenvalue weighted by atomic mass is 16.1. The molecule has 0 aliphatic heterocycles. The van der Waals surface area contributed by atoms with Gasteiger partial charge in [-0.2, -0.15) is 5.10 Å². The van der Waals surface area contributed by atoms with Crippen LogP contribution in [0.3, 0.4) is 0 Å². The summed E-state index contributed by atoms with van der Waals surface area (Å²) in [6, 6.07) is 1.92. The zero-order valence-corrected chi connectivity index (χ0v) is 12.5. The molecule has 0 fully saturated rings. The van der Waals surface area contributed by atoms with E-state index in [1.807, 2.05) is 20.0 Å². The molecule has 0 radical (unpaired) electrons. The van der Waals surface area contributed by atoms with Crippen molar-refractivity contribution in [2.75, 3.05) is 0 Å². The van der Waals surface area contributed by atoms with E-state index in [2.05, 4.69) is 21.5 Å². The van der Waals surface area contributed by atoms with Gasteiger partial charge in [0.2, 0.25) is 0 Å². The van der Waals surface area contributed by atoms with E-state index in [0.717, 1.165) is 23.9 Å². The fraction of sp³-hybridized carbons (Fsp3) is 0.438. The molecule has 5 nitrogen and oxygen atoms in total. The van der Waals surface area contributed by atoms with E-state index >= 15 is 0 Å². The first-order valence-corrected chi connectivity index (χ1v) is 7.42. The molecule has 0 saturated carbocycles. The van der Waals surface area contributed by atoms with Crippen molar-refractivity contribution in [2.24, 2.45) is 7.05 Å². The molecule has 1 N–H and O–H groups in total. The van der Waals surface area contributed by atoms with Gasteiger partial charge in [0, 0.05) is 19.3 Å². The number of nitrogens with one attached hydrogen (secondary N) is 1. The number of rotatable bonds is 3. The van der Waals surface area contributed by atoms with Crippen LogP contribution in [-0.2, 0) is 7.05 Å². The minimum absolute atomic E-state index is 0.0791. The molecule has 1 aliphatic rings. The van der Waals surface area contributed by atoms with Crippen molar-refractivity contribution in [3.63, 3.8) is 0 Å². The zero-order chi connectivity index (χ0) is 14.8. The molecule has 1 amide bonds. The third-order valence-electron chi connectivity index (χ3n) is 4.09. The molecule has 0 bridgehead atoms. The number of aryl methyl sites for hydroxylation is 1. The molecule has 2 aromatic rings. The molecule has 1 aliphatic carbocycles. The molecular weight excluding hydrogens is 264 g/mol. The molecule has 21 heavy (non-hydrogen) atoms. The molecule has 0 aromatic carbocycles. The molecule has 0 spiro atoms. The molecule has 0 saturated heterocycles. The minimum atomic E-state index is -0.0791. The Morgan fingerprint density at radius 1 is 1.38 bits per heavy atom. The fourth-order valence-electron chi connectivity index (χ4n) is 2.78. The number of fused-ring (bicyclic) bond motifs is 1. The summed E-state index contributed by atoms with van der Waals surface area (Å²) in [4.78, 5) is 16.7. The predicted octanol–water partition coefficient (Wildman–Crippen LogP) is 2.59. The second-order valence-electron chi connectivity index (χ2n) is 5.62. The van der Waals surface area contributed by atoms with Gasteiger partial charge in [-0.15, -0.1) is 0 Å². The number of nitrogens with zero attached hydrogens (tertiary/aromatic N) is 3. The summed E-state index contributed by atoms with van der Waals surface area (Å²) in [5.74, 6) is -0.0791. The summed E-state index contributed by atoms with van der Waals surface area (Å²) in [6.07, 6.45) is 10.3. The molecule has 5 heteroatoms. The number of carbonyl (C=O) groups is 1. The predicted molar refractivity (Wildman–Crippen MR) is 82.0 cm³/mol. The van der Waals surface area contributed by atoms with Crippen molar-refractivity contribution in [3.8, 4) is 0 Å². The van der Waals surface area contributed by atoms with Crippen molar-refractivity contribution < 1.29 is 4.79 Å². The molecule has 2 aromatic heterocycles. The Morgan fingerprint density at radius 2 is 2.24 bits per heavy atom. The van der Waals surface area contributed by atoms with Crippen LogP contribution in [0.2, 0.25) is 0 Å². The van der Waals surface area contributed by atoms with E-state index < -0.39 is 0 Å². The number of pyridine rings is 1. The Kier molecular flexibility index (Phi) is 3.73. The van der Waals surface area contributed by atoms with Gasteiger partial charge in [-0.05, 0) is 38.7 Å². The largest absolute Gasteiger partial charge is 0.346 e. The van der Waals surface area contributed by atoms with Crippen LogP contribution in [0.15, 0.2) is 30.1 Å². The van der Waals surface area contributed by atoms with Crippen LogP contribution in [-0.4, -0.2) is 26.7 Å². The monoisotopic (exact) mass is 284 g/mol. The Labute approximate surface area is 124 Å². The van der Waals surface area contributed by atoms with E-state index in [1.165, 1.54) is 18.4 Å². The first kappa shape index (κ1) is 13.8. The quantitative estimate of drug-likeness (QED) is 0.881. The number of hydrogen-bond donors (Lipinski definition) is 1. The average Bonchev–Trinajstić information content (AvgIpc) is 2.89. The number of allylic oxidation sites excluding steroid dienone is 1. The number of carbonyl (C=O) groups excluding carboxylic acids is 1. The van der Waals surface area contributed by atoms with Gasteiger partial charge in [0.25, 0.3) is 5.91 Å². The summed E-state index contributed by atoms with van der Waals surface area (Å²) in [5.41, 5.74) is 3.59. The normalized spacial score (nSPS) is 16.6. The SMILES string of the molecule is CC(NC(=O)c1cnc2cnn(C)c2c1)C1=CCCCC1. The third kappa shape index (κ3) is 2.82. The van der Waals surface area contributed by atoms with E-state index in [1.54, 1.807) is 17.1 Å². The van der Waals surface area contributed by atoms with Crippen molar-refractivity contribution in [1.29, 1.82) is 0 Å². The first-order valence-electron chi connectivity index (χ1n) is 7.42. The molecule has 1 unspecified atom stereocenters. The van der Waals surface area contributed by atoms with Gasteiger partial charge >= 0.3 is 0 Å². The fourth-order valence-corrected chi connectivity index (χ4v) is 2.78. The van der Waals surface area contributed by atoms with Crippen LogP contribution < -0.4 is 5.32 Å². The smallest absolute Gasteiger partial charge is 0.253 e. The number of hydrogen-bond acceptors (Lipinski definition) is 3. The van der Waals surface area contributed by atoms with Crippen LogP contribution in [0.5, 0.6) is 0 Å². The summed E-state index contributed by atoms with van der Waals surface area (Å²) >= 11 is 0. The number of aromatic nitrogens is 3. The molecule has 3 rings (SSSR count). The molecule has 1 atom stereocenters. The van der Waals surface area contributed by atoms with Crippen LogP contribution in [0.25, 0.3) is 11.0 Å². The topological polar surface area (TPSA) is 59.8 Å². The maximum Gasteiger partial charge on any atom is 0.253 e. The Hall–Kier alpha value is -2.17. The third-order valence-corrected chi connectivity index (χ3v) is 4.09. The summed E-state index contributed by atoms with van der Waals surface area (Å²) in [7, 11) is 1.85. The molecule has 2 heterocycles. The van der Waals surface area contributed by atoms with Crippen molar-refractivity contribution >= 4 is 16.9 Å². The van der Waals surface area contributed by atoms with E-state index in [9.17, 15) is 4.79 Å². The van der Waals surface area contributed by atoms with E-state index in [4.69, 9.17) is 0 Å². The van der Waals surface area contributed by atoms with Gasteiger partial charge in [-0.3, -0.25) is 14.5 Å². The Bertz CT molecular complexity index is 701. The van der Waals surface area contributed by atoms with Gasteiger partial charge in [0.1, 0.15) is 5.52 Å². The van der Waals surface area contributed by atoms with Gasteiger partial charge in [0.15, 0.2) is 0 Å². The minimum Gasteiger partial charge on any atom is -0.346 e. The first-order chi connectivity index (χ1) is 10.1. The van der Waals surface area contributed by atoms with Gasteiger partial charge in [-0.25, -0.2) is 0 Å². The van der Waals surface area contributed by atoms with Crippen LogP contribution >= 0.6 is 0 Å². The van der Waals surface area contributed by atoms with Crippen molar-refractivity contribution in [1.82, 2.24) is 20.1 Å². The van der Waals surface area contributed by atoms with E-state index in [0.29, 0.717) is 5.56 Å². The molecular formula is C16H20N4O. The lowest BCUT2D eigenvalue weighted by atomic mass is 9.94. The molecule has 110 valence electrons. The summed E-state index contributed by atoms with van der Waals surface area (Å²) in [6.45, 7) is 2.05. The summed E-state index contributed by atoms with van der Waals surface area (Å²) < 4.78 is 1.73. The van der Waals surface area contributed by atoms with Crippen molar-refractivity contribution in [2.45, 2.75) is 38.6 Å². The maximum atomic E-state index is 12.4. The van der Waals surface area contributed by atoms with Gasteiger partial charge in [-0.1, -0.05) is 11.6 Å².